The van der Waals surface area contributed by atoms with Gasteiger partial charge in [0.2, 0.25) is 5.91 Å². The molecule has 3 N–H and O–H groups in total. The van der Waals surface area contributed by atoms with E-state index in [1.165, 1.54) is 25.7 Å². The van der Waals surface area contributed by atoms with Crippen LogP contribution in [-0.2, 0) is 4.79 Å². The molecule has 0 aliphatic heterocycles. The van der Waals surface area contributed by atoms with Crippen LogP contribution in [0.5, 0.6) is 0 Å². The molecule has 1 saturated carbocycles. The maximum absolute atomic E-state index is 11.7. The van der Waals surface area contributed by atoms with Crippen molar-refractivity contribution in [2.45, 2.75) is 50.6 Å². The first-order chi connectivity index (χ1) is 9.16. The normalized spacial score (nSPS) is 18.8. The number of nitrogens with one attached hydrogen (secondary N) is 1. The molecule has 0 aromatic heterocycles. The van der Waals surface area contributed by atoms with E-state index in [0.717, 1.165) is 18.4 Å². The maximum Gasteiger partial charge on any atom is 0.239 e. The lowest BCUT2D eigenvalue weighted by molar-refractivity contribution is -0.120. The Morgan fingerprint density at radius 3 is 2.53 bits per heavy atom. The van der Waals surface area contributed by atoms with Gasteiger partial charge in [0.25, 0.3) is 0 Å². The molecule has 1 aromatic carbocycles. The predicted molar refractivity (Wildman–Crippen MR) is 78.0 cm³/mol. The molecule has 104 valence electrons. The highest BCUT2D eigenvalue weighted by Gasteiger charge is 2.22. The molecule has 1 aliphatic carbocycles. The molecule has 2 rings (SSSR count). The first-order valence-electron chi connectivity index (χ1n) is 6.97. The molecule has 0 saturated heterocycles. The van der Waals surface area contributed by atoms with Gasteiger partial charge in [0.05, 0.1) is 0 Å². The van der Waals surface area contributed by atoms with Gasteiger partial charge in [0, 0.05) is 11.1 Å². The highest BCUT2D eigenvalue weighted by molar-refractivity contribution is 6.30. The van der Waals surface area contributed by atoms with Crippen molar-refractivity contribution in [2.75, 3.05) is 0 Å². The molecule has 1 aliphatic rings. The van der Waals surface area contributed by atoms with E-state index >= 15 is 0 Å². The number of primary amides is 1. The van der Waals surface area contributed by atoms with Crippen LogP contribution in [0.2, 0.25) is 5.02 Å². The molecular formula is C15H21ClN2O. The number of benzene rings is 1. The van der Waals surface area contributed by atoms with E-state index in [1.807, 2.05) is 12.1 Å². The number of carbonyl (C=O) groups is 1. The van der Waals surface area contributed by atoms with Crippen molar-refractivity contribution in [2.24, 2.45) is 5.73 Å². The van der Waals surface area contributed by atoms with E-state index in [9.17, 15) is 4.79 Å². The fourth-order valence-electron chi connectivity index (χ4n) is 2.71. The molecule has 0 radical (unpaired) electrons. The zero-order chi connectivity index (χ0) is 13.7. The summed E-state index contributed by atoms with van der Waals surface area (Å²) in [6.45, 7) is 0. The molecule has 1 aromatic rings. The van der Waals surface area contributed by atoms with Crippen molar-refractivity contribution in [1.82, 2.24) is 5.32 Å². The molecule has 4 heteroatoms. The zero-order valence-corrected chi connectivity index (χ0v) is 11.8. The van der Waals surface area contributed by atoms with Gasteiger partial charge in [0.1, 0.15) is 6.04 Å². The summed E-state index contributed by atoms with van der Waals surface area (Å²) in [5, 5.41) is 4.04. The fraction of sp³-hybridized carbons (Fsp3) is 0.533. The minimum absolute atomic E-state index is 0.341. The van der Waals surface area contributed by atoms with Crippen LogP contribution in [0.3, 0.4) is 0 Å². The van der Waals surface area contributed by atoms with Gasteiger partial charge >= 0.3 is 0 Å². The molecule has 1 unspecified atom stereocenters. The molecule has 19 heavy (non-hydrogen) atoms. The average Bonchev–Trinajstić information content (AvgIpc) is 2.64. The van der Waals surface area contributed by atoms with E-state index in [1.54, 1.807) is 12.1 Å². The molecule has 3 nitrogen and oxygen atoms in total. The summed E-state index contributed by atoms with van der Waals surface area (Å²) in [7, 11) is 0. The predicted octanol–water partition coefficient (Wildman–Crippen LogP) is 3.18. The Bertz CT molecular complexity index is 428. The minimum Gasteiger partial charge on any atom is -0.368 e. The standard InChI is InChI=1S/C15H21ClN2O/c16-12-7-5-6-11(10-12)14(15(17)19)18-13-8-3-1-2-4-9-13/h5-7,10,13-14,18H,1-4,8-9H2,(H2,17,19). The lowest BCUT2D eigenvalue weighted by Crippen LogP contribution is -2.39. The van der Waals surface area contributed by atoms with Crippen LogP contribution in [0.25, 0.3) is 0 Å². The maximum atomic E-state index is 11.7. The van der Waals surface area contributed by atoms with Gasteiger partial charge in [-0.3, -0.25) is 10.1 Å². The van der Waals surface area contributed by atoms with E-state index < -0.39 is 6.04 Å². The molecule has 0 bridgehead atoms. The third kappa shape index (κ3) is 4.22. The molecule has 1 amide bonds. The minimum atomic E-state index is -0.443. The number of nitrogens with two attached hydrogens (primary N) is 1. The summed E-state index contributed by atoms with van der Waals surface area (Å²) >= 11 is 5.98. The molecular weight excluding hydrogens is 260 g/mol. The Labute approximate surface area is 119 Å². The third-order valence-corrected chi connectivity index (χ3v) is 3.96. The Balaban J connectivity index is 2.09. The largest absolute Gasteiger partial charge is 0.368 e. The molecule has 1 atom stereocenters. The number of amides is 1. The number of carbonyl (C=O) groups excluding carboxylic acids is 1. The first-order valence-corrected chi connectivity index (χ1v) is 7.35. The Kier molecular flexibility index (Phi) is 5.23. The van der Waals surface area contributed by atoms with Gasteiger partial charge in [-0.15, -0.1) is 0 Å². The number of hydrogen-bond donors (Lipinski definition) is 2. The Hall–Kier alpha value is -1.06. The second-order valence-electron chi connectivity index (χ2n) is 5.25. The van der Waals surface area contributed by atoms with Crippen molar-refractivity contribution >= 4 is 17.5 Å². The molecule has 0 spiro atoms. The van der Waals surface area contributed by atoms with Gasteiger partial charge in [0.15, 0.2) is 0 Å². The van der Waals surface area contributed by atoms with Crippen LogP contribution in [-0.4, -0.2) is 11.9 Å². The fourth-order valence-corrected chi connectivity index (χ4v) is 2.91. The second kappa shape index (κ2) is 6.92. The van der Waals surface area contributed by atoms with Crippen molar-refractivity contribution < 1.29 is 4.79 Å². The monoisotopic (exact) mass is 280 g/mol. The summed E-state index contributed by atoms with van der Waals surface area (Å²) in [6, 6.07) is 7.28. The Morgan fingerprint density at radius 2 is 1.95 bits per heavy atom. The van der Waals surface area contributed by atoms with Crippen LogP contribution >= 0.6 is 11.6 Å². The summed E-state index contributed by atoms with van der Waals surface area (Å²) in [5.41, 5.74) is 6.38. The van der Waals surface area contributed by atoms with Crippen LogP contribution in [0, 0.1) is 0 Å². The lowest BCUT2D eigenvalue weighted by Gasteiger charge is -2.23. The van der Waals surface area contributed by atoms with Crippen LogP contribution in [0.1, 0.15) is 50.1 Å². The van der Waals surface area contributed by atoms with E-state index in [-0.39, 0.29) is 5.91 Å². The highest BCUT2D eigenvalue weighted by Crippen LogP contribution is 2.22. The average molecular weight is 281 g/mol. The second-order valence-corrected chi connectivity index (χ2v) is 5.68. The summed E-state index contributed by atoms with van der Waals surface area (Å²) in [4.78, 5) is 11.7. The molecule has 1 fully saturated rings. The van der Waals surface area contributed by atoms with Crippen LogP contribution < -0.4 is 11.1 Å². The first kappa shape index (κ1) is 14.4. The summed E-state index contributed by atoms with van der Waals surface area (Å²) < 4.78 is 0. The number of hydrogen-bond acceptors (Lipinski definition) is 2. The van der Waals surface area contributed by atoms with Gasteiger partial charge in [-0.05, 0) is 30.5 Å². The van der Waals surface area contributed by atoms with Gasteiger partial charge in [-0.1, -0.05) is 49.4 Å². The molecule has 0 heterocycles. The van der Waals surface area contributed by atoms with Crippen LogP contribution in [0.4, 0.5) is 0 Å². The van der Waals surface area contributed by atoms with Gasteiger partial charge < -0.3 is 5.73 Å². The highest BCUT2D eigenvalue weighted by atomic mass is 35.5. The Morgan fingerprint density at radius 1 is 1.26 bits per heavy atom. The van der Waals surface area contributed by atoms with Gasteiger partial charge in [-0.2, -0.15) is 0 Å². The third-order valence-electron chi connectivity index (χ3n) is 3.72. The van der Waals surface area contributed by atoms with Crippen molar-refractivity contribution in [1.29, 1.82) is 0 Å². The van der Waals surface area contributed by atoms with Crippen LogP contribution in [0.15, 0.2) is 24.3 Å². The van der Waals surface area contributed by atoms with E-state index in [4.69, 9.17) is 17.3 Å². The number of halogens is 1. The van der Waals surface area contributed by atoms with Crippen molar-refractivity contribution in [3.63, 3.8) is 0 Å². The smallest absolute Gasteiger partial charge is 0.239 e. The lowest BCUT2D eigenvalue weighted by atomic mass is 10.0. The summed E-state index contributed by atoms with van der Waals surface area (Å²) in [5.74, 6) is -0.341. The number of rotatable bonds is 4. The topological polar surface area (TPSA) is 55.1 Å². The van der Waals surface area contributed by atoms with Crippen molar-refractivity contribution in [3.05, 3.63) is 34.9 Å². The zero-order valence-electron chi connectivity index (χ0n) is 11.1. The van der Waals surface area contributed by atoms with E-state index in [0.29, 0.717) is 11.1 Å². The SMILES string of the molecule is NC(=O)C(NC1CCCCCC1)c1cccc(Cl)c1. The quantitative estimate of drug-likeness (QED) is 0.832. The van der Waals surface area contributed by atoms with E-state index in [2.05, 4.69) is 5.32 Å². The van der Waals surface area contributed by atoms with Gasteiger partial charge in [-0.25, -0.2) is 0 Å². The van der Waals surface area contributed by atoms with Crippen molar-refractivity contribution in [3.8, 4) is 0 Å². The summed E-state index contributed by atoms with van der Waals surface area (Å²) in [6.07, 6.45) is 7.25.